The predicted octanol–water partition coefficient (Wildman–Crippen LogP) is 4.50. The molecule has 2 aromatic rings. The van der Waals surface area contributed by atoms with E-state index in [0.717, 1.165) is 12.0 Å². The van der Waals surface area contributed by atoms with E-state index in [4.69, 9.17) is 8.42 Å². The summed E-state index contributed by atoms with van der Waals surface area (Å²) in [6.07, 6.45) is -1.46. The van der Waals surface area contributed by atoms with E-state index in [1.54, 1.807) is 14.1 Å². The highest BCUT2D eigenvalue weighted by molar-refractivity contribution is 8.31. The molecule has 0 N–H and O–H groups in total. The van der Waals surface area contributed by atoms with Gasteiger partial charge in [-0.05, 0) is 42.4 Å². The zero-order chi connectivity index (χ0) is 21.3. The number of aryl methyl sites for hydroxylation is 1. The molecule has 1 aliphatic carbocycles. The second-order valence-electron chi connectivity index (χ2n) is 6.43. The van der Waals surface area contributed by atoms with E-state index in [-0.39, 0.29) is 5.95 Å². The van der Waals surface area contributed by atoms with Crippen LogP contribution in [0.3, 0.4) is 0 Å². The van der Waals surface area contributed by atoms with Crippen molar-refractivity contribution in [3.8, 4) is 5.69 Å². The van der Waals surface area contributed by atoms with Gasteiger partial charge in [-0.15, -0.1) is 5.10 Å². The van der Waals surface area contributed by atoms with Gasteiger partial charge in [0, 0.05) is 35.5 Å². The largest absolute Gasteiger partial charge is 0.453 e. The van der Waals surface area contributed by atoms with Gasteiger partial charge in [-0.25, -0.2) is 0 Å². The van der Waals surface area contributed by atoms with Crippen LogP contribution in [0.25, 0.3) is 5.69 Å². The van der Waals surface area contributed by atoms with Gasteiger partial charge in [0.1, 0.15) is 0 Å². The van der Waals surface area contributed by atoms with Crippen LogP contribution < -0.4 is 4.90 Å². The third-order valence-electron chi connectivity index (χ3n) is 4.01. The van der Waals surface area contributed by atoms with Gasteiger partial charge in [0.2, 0.25) is 5.95 Å². The highest BCUT2D eigenvalue weighted by atomic mass is 36.0. The molecule has 1 saturated carbocycles. The molecule has 6 nitrogen and oxygen atoms in total. The number of hydrogen-bond donors (Lipinski definition) is 0. The van der Waals surface area contributed by atoms with Crippen LogP contribution in [0.5, 0.6) is 0 Å². The fourth-order valence-corrected chi connectivity index (χ4v) is 2.64. The molecule has 0 bridgehead atoms. The number of nitrogens with zero attached hydrogens (tertiary/aromatic N) is 4. The molecule has 1 fully saturated rings. The fourth-order valence-electron chi connectivity index (χ4n) is 2.64. The number of anilines is 1. The van der Waals surface area contributed by atoms with Crippen LogP contribution in [0.1, 0.15) is 42.6 Å². The van der Waals surface area contributed by atoms with E-state index < -0.39 is 20.3 Å². The minimum Gasteiger partial charge on any atom is -0.347 e. The molecular weight excluding hydrogens is 440 g/mol. The lowest BCUT2D eigenvalue weighted by molar-refractivity contribution is -0.144. The summed E-state index contributed by atoms with van der Waals surface area (Å²) in [5.74, 6) is -0.343. The number of alkyl halides is 3. The van der Waals surface area contributed by atoms with E-state index in [2.05, 4.69) is 37.5 Å². The third kappa shape index (κ3) is 6.25. The van der Waals surface area contributed by atoms with Crippen LogP contribution in [0.4, 0.5) is 19.1 Å². The van der Waals surface area contributed by atoms with Crippen LogP contribution in [0, 0.1) is 0 Å². The molecular formula is C16H19Cl2F3N4O2S. The van der Waals surface area contributed by atoms with Crippen molar-refractivity contribution in [2.45, 2.75) is 38.3 Å². The summed E-state index contributed by atoms with van der Waals surface area (Å²) in [5, 5.41) is 3.71. The zero-order valence-electron chi connectivity index (χ0n) is 15.3. The first-order valence-electron chi connectivity index (χ1n) is 8.30. The summed E-state index contributed by atoms with van der Waals surface area (Å²) >= 11 is 0. The van der Waals surface area contributed by atoms with Crippen LogP contribution in [0.2, 0.25) is 0 Å². The van der Waals surface area contributed by atoms with Gasteiger partial charge in [0.25, 0.3) is 5.82 Å². The minimum absolute atomic E-state index is 0.172. The third-order valence-corrected chi connectivity index (χ3v) is 4.01. The number of rotatable bonds is 4. The molecule has 1 aromatic heterocycles. The Hall–Kier alpha value is -1.52. The SMILES string of the molecule is CCc1cc(C2CC2)ccc1-n1nc(C(F)(F)F)nc1N(C)C.O=S(=O)(Cl)Cl. The molecule has 0 amide bonds. The molecule has 1 heterocycles. The highest BCUT2D eigenvalue weighted by Crippen LogP contribution is 2.41. The quantitative estimate of drug-likeness (QED) is 0.630. The number of benzene rings is 1. The first kappa shape index (κ1) is 22.8. The Morgan fingerprint density at radius 1 is 1.25 bits per heavy atom. The number of aromatic nitrogens is 3. The summed E-state index contributed by atoms with van der Waals surface area (Å²) < 4.78 is 58.5. The maximum absolute atomic E-state index is 13.0. The Morgan fingerprint density at radius 3 is 2.25 bits per heavy atom. The van der Waals surface area contributed by atoms with E-state index in [1.165, 1.54) is 28.0 Å². The van der Waals surface area contributed by atoms with Crippen LogP contribution in [-0.2, 0) is 20.9 Å². The summed E-state index contributed by atoms with van der Waals surface area (Å²) in [7, 11) is 8.13. The lowest BCUT2D eigenvalue weighted by atomic mass is 10.0. The molecule has 0 unspecified atom stereocenters. The van der Waals surface area contributed by atoms with Gasteiger partial charge in [-0.2, -0.15) is 31.3 Å². The maximum atomic E-state index is 13.0. The average molecular weight is 459 g/mol. The van der Waals surface area contributed by atoms with Crippen molar-refractivity contribution in [1.82, 2.24) is 14.8 Å². The number of halogens is 5. The van der Waals surface area contributed by atoms with Gasteiger partial charge >= 0.3 is 14.4 Å². The topological polar surface area (TPSA) is 68.1 Å². The molecule has 0 saturated heterocycles. The lowest BCUT2D eigenvalue weighted by Gasteiger charge is -2.15. The Bertz CT molecular complexity index is 934. The first-order valence-corrected chi connectivity index (χ1v) is 11.4. The fraction of sp³-hybridized carbons (Fsp3) is 0.500. The summed E-state index contributed by atoms with van der Waals surface area (Å²) in [6, 6.07) is 5.93. The van der Waals surface area contributed by atoms with Gasteiger partial charge in [-0.3, -0.25) is 0 Å². The van der Waals surface area contributed by atoms with Crippen molar-refractivity contribution in [3.05, 3.63) is 35.2 Å². The minimum atomic E-state index is -4.56. The standard InChI is InChI=1S/C16H19F3N4.Cl2O2S/c1-4-10-9-12(11-5-6-11)7-8-13(10)23-15(22(2)3)20-14(21-23)16(17,18)19;1-5(2,3)4/h7-9,11H,4-6H2,1-3H3;. The summed E-state index contributed by atoms with van der Waals surface area (Å²) in [6.45, 7) is 1.99. The monoisotopic (exact) mass is 458 g/mol. The molecule has 0 atom stereocenters. The molecule has 28 heavy (non-hydrogen) atoms. The molecule has 1 aliphatic rings. The molecule has 0 spiro atoms. The summed E-state index contributed by atoms with van der Waals surface area (Å²) in [4.78, 5) is 5.19. The molecule has 3 rings (SSSR count). The van der Waals surface area contributed by atoms with Crippen LogP contribution in [0.15, 0.2) is 18.2 Å². The Balaban J connectivity index is 0.000000500. The van der Waals surface area contributed by atoms with Crippen molar-refractivity contribution in [2.24, 2.45) is 0 Å². The van der Waals surface area contributed by atoms with E-state index in [0.29, 0.717) is 11.6 Å². The smallest absolute Gasteiger partial charge is 0.347 e. The summed E-state index contributed by atoms with van der Waals surface area (Å²) in [5.41, 5.74) is 2.90. The van der Waals surface area contributed by atoms with E-state index in [9.17, 15) is 13.2 Å². The van der Waals surface area contributed by atoms with Crippen molar-refractivity contribution in [1.29, 1.82) is 0 Å². The molecule has 156 valence electrons. The highest BCUT2D eigenvalue weighted by Gasteiger charge is 2.38. The molecule has 12 heteroatoms. The van der Waals surface area contributed by atoms with Crippen molar-refractivity contribution in [3.63, 3.8) is 0 Å². The Labute approximate surface area is 170 Å². The van der Waals surface area contributed by atoms with Crippen molar-refractivity contribution < 1.29 is 21.6 Å². The average Bonchev–Trinajstić information content (AvgIpc) is 3.29. The Morgan fingerprint density at radius 2 is 1.82 bits per heavy atom. The molecule has 0 radical (unpaired) electrons. The second kappa shape index (κ2) is 8.46. The first-order chi connectivity index (χ1) is 12.8. The zero-order valence-corrected chi connectivity index (χ0v) is 17.7. The predicted molar refractivity (Wildman–Crippen MR) is 103 cm³/mol. The van der Waals surface area contributed by atoms with Crippen LogP contribution >= 0.6 is 21.4 Å². The van der Waals surface area contributed by atoms with Gasteiger partial charge in [-0.1, -0.05) is 19.1 Å². The van der Waals surface area contributed by atoms with E-state index in [1.807, 2.05) is 19.1 Å². The Kier molecular flexibility index (Phi) is 6.88. The normalized spacial score (nSPS) is 14.4. The van der Waals surface area contributed by atoms with Gasteiger partial charge in [0.05, 0.1) is 5.69 Å². The number of hydrogen-bond acceptors (Lipinski definition) is 5. The molecule has 1 aromatic carbocycles. The maximum Gasteiger partial charge on any atom is 0.453 e. The van der Waals surface area contributed by atoms with E-state index >= 15 is 0 Å². The van der Waals surface area contributed by atoms with Crippen molar-refractivity contribution >= 4 is 35.6 Å². The second-order valence-corrected chi connectivity index (χ2v) is 10.1. The van der Waals surface area contributed by atoms with Crippen molar-refractivity contribution in [2.75, 3.05) is 19.0 Å². The van der Waals surface area contributed by atoms with Gasteiger partial charge in [0.15, 0.2) is 0 Å². The van der Waals surface area contributed by atoms with Gasteiger partial charge < -0.3 is 4.90 Å². The lowest BCUT2D eigenvalue weighted by Crippen LogP contribution is -2.16. The molecule has 0 aliphatic heterocycles. The van der Waals surface area contributed by atoms with Crippen LogP contribution in [-0.4, -0.2) is 37.3 Å².